The summed E-state index contributed by atoms with van der Waals surface area (Å²) < 4.78 is 5.25. The van der Waals surface area contributed by atoms with Crippen molar-refractivity contribution in [2.24, 2.45) is 0 Å². The summed E-state index contributed by atoms with van der Waals surface area (Å²) >= 11 is 0. The molecule has 0 fully saturated rings. The van der Waals surface area contributed by atoms with Gasteiger partial charge in [-0.15, -0.1) is 0 Å². The lowest BCUT2D eigenvalue weighted by atomic mass is 9.93. The van der Waals surface area contributed by atoms with Crippen LogP contribution in [0.15, 0.2) is 78.9 Å². The minimum Gasteiger partial charge on any atom is -0.423 e. The number of esters is 1. The van der Waals surface area contributed by atoms with Gasteiger partial charge < -0.3 is 9.84 Å². The zero-order chi connectivity index (χ0) is 25.0. The summed E-state index contributed by atoms with van der Waals surface area (Å²) in [6.07, 6.45) is 10.0. The van der Waals surface area contributed by atoms with Gasteiger partial charge in [0, 0.05) is 0 Å². The van der Waals surface area contributed by atoms with E-state index in [9.17, 15) is 4.79 Å². The van der Waals surface area contributed by atoms with Crippen LogP contribution in [-0.4, -0.2) is 17.7 Å². The number of aliphatic hydroxyl groups excluding tert-OH is 1. The molecule has 0 saturated carbocycles. The van der Waals surface area contributed by atoms with E-state index in [2.05, 4.69) is 62.9 Å². The zero-order valence-corrected chi connectivity index (χ0v) is 21.2. The summed E-state index contributed by atoms with van der Waals surface area (Å²) in [6.45, 7) is 7.51. The van der Waals surface area contributed by atoms with Gasteiger partial charge in [-0.3, -0.25) is 0 Å². The highest BCUT2D eigenvalue weighted by Crippen LogP contribution is 2.31. The summed E-state index contributed by atoms with van der Waals surface area (Å²) in [4.78, 5) is 11.8. The SMILES string of the molecule is C=C(CO)C(=O)Oc1ccc(-c2ccc(-c3ccc(CCCCCCCC)cc3)cc2CC)cc1. The Morgan fingerprint density at radius 1 is 0.800 bits per heavy atom. The minimum atomic E-state index is -0.614. The van der Waals surface area contributed by atoms with Crippen LogP contribution in [0.3, 0.4) is 0 Å². The molecule has 0 spiro atoms. The van der Waals surface area contributed by atoms with Crippen LogP contribution in [0.5, 0.6) is 5.75 Å². The highest BCUT2D eigenvalue weighted by molar-refractivity contribution is 5.89. The van der Waals surface area contributed by atoms with E-state index in [1.54, 1.807) is 12.1 Å². The van der Waals surface area contributed by atoms with Gasteiger partial charge in [0.2, 0.25) is 0 Å². The van der Waals surface area contributed by atoms with Gasteiger partial charge in [-0.25, -0.2) is 4.79 Å². The summed E-state index contributed by atoms with van der Waals surface area (Å²) in [5.41, 5.74) is 7.44. The summed E-state index contributed by atoms with van der Waals surface area (Å²) in [6, 6.07) is 23.1. The molecule has 0 bridgehead atoms. The number of carbonyl (C=O) groups is 1. The van der Waals surface area contributed by atoms with Crippen LogP contribution in [0.2, 0.25) is 0 Å². The molecule has 3 nitrogen and oxygen atoms in total. The van der Waals surface area contributed by atoms with E-state index in [0.29, 0.717) is 5.75 Å². The number of hydrogen-bond acceptors (Lipinski definition) is 3. The highest BCUT2D eigenvalue weighted by atomic mass is 16.5. The van der Waals surface area contributed by atoms with Crippen LogP contribution in [0.4, 0.5) is 0 Å². The van der Waals surface area contributed by atoms with Gasteiger partial charge >= 0.3 is 5.97 Å². The van der Waals surface area contributed by atoms with Crippen molar-refractivity contribution in [1.82, 2.24) is 0 Å². The van der Waals surface area contributed by atoms with Crippen LogP contribution in [0.1, 0.15) is 63.5 Å². The van der Waals surface area contributed by atoms with Crippen LogP contribution < -0.4 is 4.74 Å². The van der Waals surface area contributed by atoms with Crippen molar-refractivity contribution in [2.45, 2.75) is 65.2 Å². The molecule has 0 radical (unpaired) electrons. The Bertz CT molecular complexity index is 1090. The largest absolute Gasteiger partial charge is 0.423 e. The predicted octanol–water partition coefficient (Wildman–Crippen LogP) is 7.94. The van der Waals surface area contributed by atoms with E-state index in [4.69, 9.17) is 9.84 Å². The van der Waals surface area contributed by atoms with E-state index < -0.39 is 12.6 Å². The lowest BCUT2D eigenvalue weighted by molar-refractivity contribution is -0.130. The van der Waals surface area contributed by atoms with Gasteiger partial charge in [-0.1, -0.05) is 107 Å². The number of unbranched alkanes of at least 4 members (excludes halogenated alkanes) is 5. The van der Waals surface area contributed by atoms with Crippen molar-refractivity contribution in [3.05, 3.63) is 90.0 Å². The van der Waals surface area contributed by atoms with Crippen LogP contribution >= 0.6 is 0 Å². The fourth-order valence-electron chi connectivity index (χ4n) is 4.27. The molecular weight excluding hydrogens is 432 g/mol. The number of hydrogen-bond donors (Lipinski definition) is 1. The summed E-state index contributed by atoms with van der Waals surface area (Å²) in [5.74, 6) is -0.180. The molecule has 35 heavy (non-hydrogen) atoms. The zero-order valence-electron chi connectivity index (χ0n) is 21.2. The number of ether oxygens (including phenoxy) is 1. The van der Waals surface area contributed by atoms with Crippen molar-refractivity contribution in [1.29, 1.82) is 0 Å². The van der Waals surface area contributed by atoms with Crippen molar-refractivity contribution in [2.75, 3.05) is 6.61 Å². The van der Waals surface area contributed by atoms with Gasteiger partial charge in [-0.05, 0) is 64.8 Å². The first-order chi connectivity index (χ1) is 17.0. The van der Waals surface area contributed by atoms with Crippen LogP contribution in [-0.2, 0) is 17.6 Å². The molecule has 0 aliphatic heterocycles. The first kappa shape index (κ1) is 26.4. The molecule has 0 aliphatic carbocycles. The maximum absolute atomic E-state index is 11.8. The van der Waals surface area contributed by atoms with Gasteiger partial charge in [0.1, 0.15) is 5.75 Å². The first-order valence-electron chi connectivity index (χ1n) is 12.9. The highest BCUT2D eigenvalue weighted by Gasteiger charge is 2.10. The van der Waals surface area contributed by atoms with E-state index >= 15 is 0 Å². The molecule has 1 N–H and O–H groups in total. The monoisotopic (exact) mass is 470 g/mol. The predicted molar refractivity (Wildman–Crippen MR) is 146 cm³/mol. The molecule has 3 rings (SSSR count). The third-order valence-corrected chi connectivity index (χ3v) is 6.45. The second-order valence-corrected chi connectivity index (χ2v) is 9.12. The minimum absolute atomic E-state index is 0.0355. The fourth-order valence-corrected chi connectivity index (χ4v) is 4.27. The average molecular weight is 471 g/mol. The number of aliphatic hydroxyl groups is 1. The molecule has 0 unspecified atom stereocenters. The van der Waals surface area contributed by atoms with E-state index in [1.807, 2.05) is 12.1 Å². The van der Waals surface area contributed by atoms with E-state index in [1.165, 1.54) is 66.3 Å². The second-order valence-electron chi connectivity index (χ2n) is 9.12. The average Bonchev–Trinajstić information content (AvgIpc) is 2.90. The fraction of sp³-hybridized carbons (Fsp3) is 0.344. The summed E-state index contributed by atoms with van der Waals surface area (Å²) in [7, 11) is 0. The molecule has 0 atom stereocenters. The van der Waals surface area contributed by atoms with Crippen LogP contribution in [0.25, 0.3) is 22.3 Å². The molecule has 3 aromatic carbocycles. The van der Waals surface area contributed by atoms with Gasteiger partial charge in [0.25, 0.3) is 0 Å². The number of carbonyl (C=O) groups excluding carboxylic acids is 1. The van der Waals surface area contributed by atoms with E-state index in [-0.39, 0.29) is 5.57 Å². The maximum atomic E-state index is 11.8. The normalized spacial score (nSPS) is 10.8. The molecule has 0 aromatic heterocycles. The first-order valence-corrected chi connectivity index (χ1v) is 12.9. The second kappa shape index (κ2) is 13.7. The Balaban J connectivity index is 1.66. The van der Waals surface area contributed by atoms with Crippen molar-refractivity contribution >= 4 is 5.97 Å². The van der Waals surface area contributed by atoms with Gasteiger partial charge in [0.05, 0.1) is 12.2 Å². The Kier molecular flexibility index (Phi) is 10.3. The Hall–Kier alpha value is -3.17. The number of benzene rings is 3. The molecular formula is C32H38O3. The smallest absolute Gasteiger partial charge is 0.341 e. The standard InChI is InChI=1S/C32H38O3/c1-4-6-7-8-9-10-11-25-12-14-27(15-13-25)29-18-21-31(26(5-2)22-29)28-16-19-30(20-17-28)35-32(34)24(3)23-33/h12-22,33H,3-11,23H2,1-2H3. The lowest BCUT2D eigenvalue weighted by Crippen LogP contribution is -2.12. The molecule has 3 aromatic rings. The van der Waals surface area contributed by atoms with Crippen LogP contribution in [0, 0.1) is 0 Å². The Morgan fingerprint density at radius 3 is 2.09 bits per heavy atom. The van der Waals surface area contributed by atoms with Crippen molar-refractivity contribution in [3.8, 4) is 28.0 Å². The maximum Gasteiger partial charge on any atom is 0.341 e. The third-order valence-electron chi connectivity index (χ3n) is 6.45. The Labute approximate surface area is 210 Å². The van der Waals surface area contributed by atoms with Gasteiger partial charge in [-0.2, -0.15) is 0 Å². The quantitative estimate of drug-likeness (QED) is 0.119. The Morgan fingerprint density at radius 2 is 1.43 bits per heavy atom. The van der Waals surface area contributed by atoms with Crippen molar-refractivity contribution in [3.63, 3.8) is 0 Å². The van der Waals surface area contributed by atoms with Crippen molar-refractivity contribution < 1.29 is 14.6 Å². The molecule has 3 heteroatoms. The molecule has 0 aliphatic rings. The molecule has 184 valence electrons. The molecule has 0 heterocycles. The number of rotatable bonds is 13. The lowest BCUT2D eigenvalue weighted by Gasteiger charge is -2.12. The molecule has 0 saturated heterocycles. The van der Waals surface area contributed by atoms with E-state index in [0.717, 1.165) is 18.4 Å². The summed E-state index contributed by atoms with van der Waals surface area (Å²) in [5, 5.41) is 9.02. The number of aryl methyl sites for hydroxylation is 2. The topological polar surface area (TPSA) is 46.5 Å². The third kappa shape index (κ3) is 7.66. The molecule has 0 amide bonds. The van der Waals surface area contributed by atoms with Gasteiger partial charge in [0.15, 0.2) is 0 Å².